The molecule has 0 aliphatic carbocycles. The van der Waals surface area contributed by atoms with Crippen molar-refractivity contribution in [1.82, 2.24) is 30.3 Å². The van der Waals surface area contributed by atoms with E-state index >= 15 is 0 Å². The van der Waals surface area contributed by atoms with Gasteiger partial charge in [0, 0.05) is 32.3 Å². The van der Waals surface area contributed by atoms with Crippen LogP contribution in [0.2, 0.25) is 0 Å². The van der Waals surface area contributed by atoms with Gasteiger partial charge >= 0.3 is 0 Å². The third-order valence-electron chi connectivity index (χ3n) is 3.69. The zero-order chi connectivity index (χ0) is 14.7. The quantitative estimate of drug-likeness (QED) is 0.843. The summed E-state index contributed by atoms with van der Waals surface area (Å²) in [6, 6.07) is 0.129. The van der Waals surface area contributed by atoms with E-state index in [1.54, 1.807) is 13.3 Å². The minimum atomic E-state index is -0.0940. The number of hydrogen-bond acceptors (Lipinski definition) is 5. The van der Waals surface area contributed by atoms with Crippen molar-refractivity contribution in [2.45, 2.75) is 38.5 Å². The molecule has 3 rings (SSSR count). The lowest BCUT2D eigenvalue weighted by molar-refractivity contribution is 0.0933. The second kappa shape index (κ2) is 6.04. The molecule has 21 heavy (non-hydrogen) atoms. The Morgan fingerprint density at radius 1 is 1.52 bits per heavy atom. The molecule has 3 heterocycles. The van der Waals surface area contributed by atoms with Crippen molar-refractivity contribution in [3.8, 4) is 0 Å². The second-order valence-corrected chi connectivity index (χ2v) is 5.10. The molecule has 0 spiro atoms. The molecular formula is C13H18N6O2. The molecule has 112 valence electrons. The van der Waals surface area contributed by atoms with Crippen LogP contribution in [-0.4, -0.2) is 44.0 Å². The zero-order valence-corrected chi connectivity index (χ0v) is 11.9. The maximum atomic E-state index is 12.0. The van der Waals surface area contributed by atoms with Gasteiger partial charge < -0.3 is 14.6 Å². The predicted molar refractivity (Wildman–Crippen MR) is 73.5 cm³/mol. The summed E-state index contributed by atoms with van der Waals surface area (Å²) in [6.45, 7) is 1.25. The van der Waals surface area contributed by atoms with Crippen LogP contribution in [0, 0.1) is 0 Å². The molecule has 0 bridgehead atoms. The van der Waals surface area contributed by atoms with E-state index in [4.69, 9.17) is 4.74 Å². The highest BCUT2D eigenvalue weighted by atomic mass is 16.5. The molecule has 2 aromatic heterocycles. The summed E-state index contributed by atoms with van der Waals surface area (Å²) in [5, 5.41) is 17.8. The van der Waals surface area contributed by atoms with Gasteiger partial charge in [0.05, 0.1) is 11.8 Å². The average molecular weight is 290 g/mol. The summed E-state index contributed by atoms with van der Waals surface area (Å²) >= 11 is 0. The van der Waals surface area contributed by atoms with Crippen LogP contribution in [0.3, 0.4) is 0 Å². The van der Waals surface area contributed by atoms with Crippen molar-refractivity contribution >= 4 is 5.91 Å². The van der Waals surface area contributed by atoms with Gasteiger partial charge in [-0.25, -0.2) is 0 Å². The summed E-state index contributed by atoms with van der Waals surface area (Å²) in [6.07, 6.45) is 5.63. The number of aryl methyl sites for hydroxylation is 1. The van der Waals surface area contributed by atoms with Gasteiger partial charge in [-0.1, -0.05) is 0 Å². The summed E-state index contributed by atoms with van der Waals surface area (Å²) in [5.74, 6) is 1.71. The van der Waals surface area contributed by atoms with Crippen LogP contribution in [0.25, 0.3) is 0 Å². The number of aromatic amines is 1. The lowest BCUT2D eigenvalue weighted by Gasteiger charge is -2.15. The number of fused-ring (bicyclic) bond motifs is 1. The van der Waals surface area contributed by atoms with Crippen molar-refractivity contribution in [1.29, 1.82) is 0 Å². The highest BCUT2D eigenvalue weighted by Crippen LogP contribution is 2.16. The van der Waals surface area contributed by atoms with Crippen LogP contribution in [0.1, 0.15) is 34.8 Å². The van der Waals surface area contributed by atoms with E-state index in [1.165, 1.54) is 6.20 Å². The normalized spacial score (nSPS) is 18.0. The summed E-state index contributed by atoms with van der Waals surface area (Å²) < 4.78 is 7.22. The lowest BCUT2D eigenvalue weighted by atomic mass is 10.1. The Kier molecular flexibility index (Phi) is 3.96. The molecule has 0 aromatic carbocycles. The predicted octanol–water partition coefficient (Wildman–Crippen LogP) is 0.283. The molecule has 1 amide bonds. The summed E-state index contributed by atoms with van der Waals surface area (Å²) in [7, 11) is 1.65. The fourth-order valence-corrected chi connectivity index (χ4v) is 2.57. The Morgan fingerprint density at radius 2 is 2.43 bits per heavy atom. The van der Waals surface area contributed by atoms with E-state index in [2.05, 4.69) is 30.3 Å². The van der Waals surface area contributed by atoms with Crippen LogP contribution in [-0.2, 0) is 24.3 Å². The van der Waals surface area contributed by atoms with Gasteiger partial charge in [0.15, 0.2) is 5.82 Å². The fraction of sp³-hybridized carbons (Fsp3) is 0.538. The molecule has 1 unspecified atom stereocenters. The fourth-order valence-electron chi connectivity index (χ4n) is 2.57. The maximum absolute atomic E-state index is 12.0. The van der Waals surface area contributed by atoms with Crippen molar-refractivity contribution in [3.05, 3.63) is 29.6 Å². The van der Waals surface area contributed by atoms with E-state index in [1.807, 2.05) is 0 Å². The Morgan fingerprint density at radius 3 is 3.19 bits per heavy atom. The second-order valence-electron chi connectivity index (χ2n) is 5.10. The van der Waals surface area contributed by atoms with Crippen molar-refractivity contribution in [2.75, 3.05) is 7.11 Å². The van der Waals surface area contributed by atoms with Gasteiger partial charge in [0.25, 0.3) is 5.91 Å². The number of carbonyl (C=O) groups excluding carboxylic acids is 1. The Balaban J connectivity index is 1.63. The molecule has 1 aliphatic rings. The number of nitrogens with one attached hydrogen (secondary N) is 2. The van der Waals surface area contributed by atoms with Crippen LogP contribution in [0.5, 0.6) is 0 Å². The Hall–Kier alpha value is -2.22. The van der Waals surface area contributed by atoms with Crippen LogP contribution >= 0.6 is 0 Å². The number of rotatable bonds is 4. The van der Waals surface area contributed by atoms with E-state index < -0.39 is 0 Å². The summed E-state index contributed by atoms with van der Waals surface area (Å²) in [5.41, 5.74) is 0.554. The van der Waals surface area contributed by atoms with Crippen LogP contribution in [0.15, 0.2) is 12.4 Å². The monoisotopic (exact) mass is 290 g/mol. The highest BCUT2D eigenvalue weighted by molar-refractivity contribution is 5.93. The number of carbonyl (C=O) groups is 1. The van der Waals surface area contributed by atoms with Gasteiger partial charge in [0.2, 0.25) is 0 Å². The largest absolute Gasteiger partial charge is 0.377 e. The first-order chi connectivity index (χ1) is 10.3. The topological polar surface area (TPSA) is 97.7 Å². The molecule has 1 aliphatic heterocycles. The van der Waals surface area contributed by atoms with Gasteiger partial charge in [-0.3, -0.25) is 9.89 Å². The SMILES string of the molecule is COCc1nnc2n1CCC(NC(=O)c1cn[nH]c1)CC2. The molecule has 8 heteroatoms. The standard InChI is InChI=1S/C13H18N6O2/c1-21-8-12-18-17-11-3-2-10(4-5-19(11)12)16-13(20)9-6-14-15-7-9/h6-7,10H,2-5,8H2,1H3,(H,14,15)(H,16,20). The van der Waals surface area contributed by atoms with E-state index in [0.717, 1.165) is 37.5 Å². The van der Waals surface area contributed by atoms with Crippen molar-refractivity contribution in [3.63, 3.8) is 0 Å². The molecule has 2 N–H and O–H groups in total. The molecule has 8 nitrogen and oxygen atoms in total. The number of hydrogen-bond donors (Lipinski definition) is 2. The Bertz CT molecular complexity index is 606. The van der Waals surface area contributed by atoms with Crippen molar-refractivity contribution in [2.24, 2.45) is 0 Å². The first-order valence-electron chi connectivity index (χ1n) is 6.97. The van der Waals surface area contributed by atoms with Gasteiger partial charge in [-0.05, 0) is 12.8 Å². The number of amides is 1. The van der Waals surface area contributed by atoms with Crippen molar-refractivity contribution < 1.29 is 9.53 Å². The Labute approximate surface area is 121 Å². The number of nitrogens with zero attached hydrogens (tertiary/aromatic N) is 4. The van der Waals surface area contributed by atoms with E-state index in [-0.39, 0.29) is 11.9 Å². The number of ether oxygens (including phenoxy) is 1. The maximum Gasteiger partial charge on any atom is 0.254 e. The summed E-state index contributed by atoms with van der Waals surface area (Å²) in [4.78, 5) is 12.0. The molecule has 0 saturated heterocycles. The number of H-pyrrole nitrogens is 1. The first kappa shape index (κ1) is 13.7. The first-order valence-corrected chi connectivity index (χ1v) is 6.97. The minimum Gasteiger partial charge on any atom is -0.377 e. The number of methoxy groups -OCH3 is 1. The van der Waals surface area contributed by atoms with Crippen LogP contribution in [0.4, 0.5) is 0 Å². The average Bonchev–Trinajstić information content (AvgIpc) is 3.09. The third kappa shape index (κ3) is 2.94. The van der Waals surface area contributed by atoms with E-state index in [0.29, 0.717) is 12.2 Å². The van der Waals surface area contributed by atoms with Crippen LogP contribution < -0.4 is 5.32 Å². The minimum absolute atomic E-state index is 0.0940. The van der Waals surface area contributed by atoms with Gasteiger partial charge in [-0.15, -0.1) is 10.2 Å². The molecule has 2 aromatic rings. The smallest absolute Gasteiger partial charge is 0.254 e. The molecular weight excluding hydrogens is 272 g/mol. The molecule has 0 fully saturated rings. The molecule has 1 atom stereocenters. The third-order valence-corrected chi connectivity index (χ3v) is 3.69. The lowest BCUT2D eigenvalue weighted by Crippen LogP contribution is -2.35. The zero-order valence-electron chi connectivity index (χ0n) is 11.9. The van der Waals surface area contributed by atoms with Gasteiger partial charge in [-0.2, -0.15) is 5.10 Å². The molecule has 0 radical (unpaired) electrons. The number of aromatic nitrogens is 5. The molecule has 0 saturated carbocycles. The van der Waals surface area contributed by atoms with Gasteiger partial charge in [0.1, 0.15) is 12.4 Å². The highest BCUT2D eigenvalue weighted by Gasteiger charge is 2.21. The van der Waals surface area contributed by atoms with E-state index in [9.17, 15) is 4.79 Å².